The van der Waals surface area contributed by atoms with Gasteiger partial charge in [-0.2, -0.15) is 5.10 Å². The summed E-state index contributed by atoms with van der Waals surface area (Å²) < 4.78 is 13.7. The Hall–Kier alpha value is -3.80. The first kappa shape index (κ1) is 22.4. The number of hydrogen-bond donors (Lipinski definition) is 0. The molecule has 0 aliphatic carbocycles. The Bertz CT molecular complexity index is 1210. The van der Waals surface area contributed by atoms with E-state index in [-0.39, 0.29) is 11.8 Å². The van der Waals surface area contributed by atoms with Crippen LogP contribution in [0.3, 0.4) is 0 Å². The van der Waals surface area contributed by atoms with Gasteiger partial charge in [-0.15, -0.1) is 0 Å². The predicted octanol–water partition coefficient (Wildman–Crippen LogP) is 6.06. The van der Waals surface area contributed by atoms with Crippen molar-refractivity contribution in [1.29, 1.82) is 0 Å². The molecule has 2 aromatic carbocycles. The van der Waals surface area contributed by atoms with Crippen molar-refractivity contribution in [3.8, 4) is 17.3 Å². The number of hydrogen-bond acceptors (Lipinski definition) is 4. The van der Waals surface area contributed by atoms with Crippen LogP contribution in [0.5, 0.6) is 11.6 Å². The lowest BCUT2D eigenvalue weighted by Gasteiger charge is -2.24. The maximum atomic E-state index is 13.1. The monoisotopic (exact) mass is 443 g/mol. The van der Waals surface area contributed by atoms with Crippen LogP contribution in [0.15, 0.2) is 77.4 Å². The number of para-hydroxylation sites is 1. The fourth-order valence-corrected chi connectivity index (χ4v) is 3.72. The van der Waals surface area contributed by atoms with Crippen LogP contribution >= 0.6 is 0 Å². The molecule has 0 radical (unpaired) electrons. The molecule has 0 atom stereocenters. The van der Waals surface area contributed by atoms with Gasteiger partial charge in [0.15, 0.2) is 0 Å². The summed E-state index contributed by atoms with van der Waals surface area (Å²) in [5.41, 5.74) is 3.66. The van der Waals surface area contributed by atoms with Gasteiger partial charge in [0.1, 0.15) is 11.5 Å². The third-order valence-corrected chi connectivity index (χ3v) is 5.42. The second-order valence-electron chi connectivity index (χ2n) is 8.46. The molecular weight excluding hydrogens is 414 g/mol. The van der Waals surface area contributed by atoms with E-state index in [4.69, 9.17) is 14.3 Å². The standard InChI is InChI=1S/C27H29N3O3/c1-19(2)26(31)29(17-24-14-9-15-32-24)18-25-21(4)28-30(22-11-6-5-7-12-22)27(25)33-23-13-8-10-20(3)16-23/h5-16,19H,17-18H2,1-4H3. The van der Waals surface area contributed by atoms with E-state index in [0.717, 1.165) is 34.0 Å². The van der Waals surface area contributed by atoms with Crippen molar-refractivity contribution in [2.75, 3.05) is 0 Å². The average molecular weight is 444 g/mol. The van der Waals surface area contributed by atoms with Crippen LogP contribution in [0.2, 0.25) is 0 Å². The van der Waals surface area contributed by atoms with E-state index in [2.05, 4.69) is 0 Å². The van der Waals surface area contributed by atoms with Crippen molar-refractivity contribution in [3.05, 3.63) is 95.6 Å². The first-order valence-electron chi connectivity index (χ1n) is 11.1. The zero-order valence-corrected chi connectivity index (χ0v) is 19.5. The van der Waals surface area contributed by atoms with E-state index in [0.29, 0.717) is 19.0 Å². The van der Waals surface area contributed by atoms with Crippen LogP contribution in [0.4, 0.5) is 0 Å². The van der Waals surface area contributed by atoms with Crippen molar-refractivity contribution >= 4 is 5.91 Å². The third kappa shape index (κ3) is 5.17. The maximum absolute atomic E-state index is 13.1. The summed E-state index contributed by atoms with van der Waals surface area (Å²) in [5, 5.41) is 4.78. The molecule has 0 unspecified atom stereocenters. The molecule has 0 aliphatic rings. The molecule has 0 aliphatic heterocycles. The number of aryl methyl sites for hydroxylation is 2. The van der Waals surface area contributed by atoms with Gasteiger partial charge in [0.25, 0.3) is 0 Å². The van der Waals surface area contributed by atoms with Crippen molar-refractivity contribution in [2.24, 2.45) is 5.92 Å². The van der Waals surface area contributed by atoms with Crippen LogP contribution in [0.1, 0.15) is 36.4 Å². The predicted molar refractivity (Wildman–Crippen MR) is 127 cm³/mol. The maximum Gasteiger partial charge on any atom is 0.227 e. The minimum Gasteiger partial charge on any atom is -0.467 e. The van der Waals surface area contributed by atoms with Crippen LogP contribution in [0, 0.1) is 19.8 Å². The molecule has 2 heterocycles. The van der Waals surface area contributed by atoms with Gasteiger partial charge in [0, 0.05) is 5.92 Å². The fourth-order valence-electron chi connectivity index (χ4n) is 3.72. The Morgan fingerprint density at radius 1 is 1.03 bits per heavy atom. The smallest absolute Gasteiger partial charge is 0.227 e. The molecule has 0 fully saturated rings. The van der Waals surface area contributed by atoms with E-state index in [1.54, 1.807) is 15.8 Å². The lowest BCUT2D eigenvalue weighted by atomic mass is 10.1. The minimum atomic E-state index is -0.148. The number of carbonyl (C=O) groups is 1. The molecular formula is C27H29N3O3. The zero-order chi connectivity index (χ0) is 23.4. The third-order valence-electron chi connectivity index (χ3n) is 5.42. The fraction of sp³-hybridized carbons (Fsp3) is 0.259. The normalized spacial score (nSPS) is 11.1. The van der Waals surface area contributed by atoms with Gasteiger partial charge < -0.3 is 14.1 Å². The highest BCUT2D eigenvalue weighted by molar-refractivity contribution is 5.78. The number of amides is 1. The number of furan rings is 1. The lowest BCUT2D eigenvalue weighted by Crippen LogP contribution is -2.33. The highest BCUT2D eigenvalue weighted by atomic mass is 16.5. The number of benzene rings is 2. The van der Waals surface area contributed by atoms with Crippen molar-refractivity contribution in [1.82, 2.24) is 14.7 Å². The van der Waals surface area contributed by atoms with Gasteiger partial charge in [0.2, 0.25) is 11.8 Å². The summed E-state index contributed by atoms with van der Waals surface area (Å²) in [6.45, 7) is 8.52. The van der Waals surface area contributed by atoms with E-state index >= 15 is 0 Å². The number of carbonyl (C=O) groups excluding carboxylic acids is 1. The minimum absolute atomic E-state index is 0.0415. The van der Waals surface area contributed by atoms with E-state index in [1.807, 2.05) is 94.4 Å². The quantitative estimate of drug-likeness (QED) is 0.332. The van der Waals surface area contributed by atoms with Crippen LogP contribution in [0.25, 0.3) is 5.69 Å². The van der Waals surface area contributed by atoms with Crippen LogP contribution < -0.4 is 4.74 Å². The Balaban J connectivity index is 1.77. The summed E-state index contributed by atoms with van der Waals surface area (Å²) in [7, 11) is 0. The Labute approximate surface area is 194 Å². The number of rotatable bonds is 8. The topological polar surface area (TPSA) is 60.5 Å². The Morgan fingerprint density at radius 2 is 1.82 bits per heavy atom. The van der Waals surface area contributed by atoms with Gasteiger partial charge in [0.05, 0.1) is 36.3 Å². The molecule has 6 heteroatoms. The molecule has 1 amide bonds. The van der Waals surface area contributed by atoms with Gasteiger partial charge >= 0.3 is 0 Å². The Morgan fingerprint density at radius 3 is 2.48 bits per heavy atom. The molecule has 4 aromatic rings. The average Bonchev–Trinajstić information content (AvgIpc) is 3.42. The lowest BCUT2D eigenvalue weighted by molar-refractivity contribution is -0.136. The summed E-state index contributed by atoms with van der Waals surface area (Å²) >= 11 is 0. The summed E-state index contributed by atoms with van der Waals surface area (Å²) in [6.07, 6.45) is 1.62. The molecule has 0 saturated heterocycles. The zero-order valence-electron chi connectivity index (χ0n) is 19.5. The summed E-state index contributed by atoms with van der Waals surface area (Å²) in [5.74, 6) is 1.95. The Kier molecular flexibility index (Phi) is 6.63. The van der Waals surface area contributed by atoms with E-state index in [1.165, 1.54) is 0 Å². The second-order valence-corrected chi connectivity index (χ2v) is 8.46. The molecule has 0 saturated carbocycles. The van der Waals surface area contributed by atoms with Crippen molar-refractivity contribution in [3.63, 3.8) is 0 Å². The molecule has 0 bridgehead atoms. The highest BCUT2D eigenvalue weighted by Gasteiger charge is 2.25. The molecule has 170 valence electrons. The van der Waals surface area contributed by atoms with Gasteiger partial charge in [-0.3, -0.25) is 4.79 Å². The molecule has 33 heavy (non-hydrogen) atoms. The molecule has 0 N–H and O–H groups in total. The van der Waals surface area contributed by atoms with Crippen molar-refractivity contribution in [2.45, 2.75) is 40.8 Å². The largest absolute Gasteiger partial charge is 0.467 e. The van der Waals surface area contributed by atoms with Gasteiger partial charge in [-0.1, -0.05) is 44.2 Å². The molecule has 6 nitrogen and oxygen atoms in total. The summed E-state index contributed by atoms with van der Waals surface area (Å²) in [4.78, 5) is 14.9. The first-order valence-corrected chi connectivity index (χ1v) is 11.1. The number of ether oxygens (including phenoxy) is 1. The van der Waals surface area contributed by atoms with Crippen molar-refractivity contribution < 1.29 is 13.9 Å². The van der Waals surface area contributed by atoms with Crippen LogP contribution in [-0.4, -0.2) is 20.6 Å². The number of aromatic nitrogens is 2. The molecule has 0 spiro atoms. The van der Waals surface area contributed by atoms with E-state index < -0.39 is 0 Å². The first-order chi connectivity index (χ1) is 15.9. The van der Waals surface area contributed by atoms with Gasteiger partial charge in [-0.05, 0) is 55.8 Å². The number of nitrogens with zero attached hydrogens (tertiary/aromatic N) is 3. The van der Waals surface area contributed by atoms with Gasteiger partial charge in [-0.25, -0.2) is 4.68 Å². The SMILES string of the molecule is Cc1cccc(Oc2c(CN(Cc3ccco3)C(=O)C(C)C)c(C)nn2-c2ccccc2)c1. The molecule has 2 aromatic heterocycles. The second kappa shape index (κ2) is 9.77. The van der Waals surface area contributed by atoms with Crippen LogP contribution in [-0.2, 0) is 17.9 Å². The molecule has 4 rings (SSSR count). The highest BCUT2D eigenvalue weighted by Crippen LogP contribution is 2.32. The summed E-state index contributed by atoms with van der Waals surface area (Å²) in [6, 6.07) is 21.5. The van der Waals surface area contributed by atoms with E-state index in [9.17, 15) is 4.79 Å².